The number of benzene rings is 2. The van der Waals surface area contributed by atoms with Crippen LogP contribution in [-0.4, -0.2) is 27.4 Å². The zero-order chi connectivity index (χ0) is 21.7. The van der Waals surface area contributed by atoms with Gasteiger partial charge in [-0.2, -0.15) is 0 Å². The number of hydrogen-bond acceptors (Lipinski definition) is 3. The molecule has 156 valence electrons. The number of rotatable bonds is 7. The molecule has 0 bridgehead atoms. The molecule has 7 heteroatoms. The van der Waals surface area contributed by atoms with E-state index in [2.05, 4.69) is 10.3 Å². The van der Waals surface area contributed by atoms with Crippen LogP contribution in [0.5, 0.6) is 0 Å². The summed E-state index contributed by atoms with van der Waals surface area (Å²) in [6.07, 6.45) is 1.74. The lowest BCUT2D eigenvalue weighted by Crippen LogP contribution is -2.26. The molecule has 0 fully saturated rings. The smallest absolute Gasteiger partial charge is 0.255 e. The summed E-state index contributed by atoms with van der Waals surface area (Å²) < 4.78 is 14.0. The van der Waals surface area contributed by atoms with E-state index in [1.165, 1.54) is 0 Å². The zero-order valence-electron chi connectivity index (χ0n) is 17.2. The quantitative estimate of drug-likeness (QED) is 0.528. The molecule has 1 N–H and O–H groups in total. The number of nitrogens with zero attached hydrogens (tertiary/aromatic N) is 2. The molecule has 0 aliphatic carbocycles. The zero-order valence-corrected chi connectivity index (χ0v) is 18.8. The summed E-state index contributed by atoms with van der Waals surface area (Å²) in [5, 5.41) is 3.48. The maximum Gasteiger partial charge on any atom is 0.255 e. The van der Waals surface area contributed by atoms with Crippen LogP contribution in [-0.2, 0) is 11.0 Å². The topological polar surface area (TPSA) is 62.3 Å². The van der Waals surface area contributed by atoms with Crippen LogP contribution in [0.4, 0.5) is 11.4 Å². The number of nitrogens with one attached hydrogen (secondary N) is 1. The number of hydrogen-bond donors (Lipinski definition) is 1. The van der Waals surface area contributed by atoms with E-state index in [9.17, 15) is 9.00 Å². The lowest BCUT2D eigenvalue weighted by Gasteiger charge is -2.21. The van der Waals surface area contributed by atoms with Crippen molar-refractivity contribution in [3.8, 4) is 11.3 Å². The van der Waals surface area contributed by atoms with Crippen molar-refractivity contribution < 1.29 is 9.00 Å². The van der Waals surface area contributed by atoms with Crippen LogP contribution in [0.15, 0.2) is 60.8 Å². The van der Waals surface area contributed by atoms with Crippen molar-refractivity contribution in [1.82, 2.24) is 4.98 Å². The molecule has 1 aromatic heterocycles. The van der Waals surface area contributed by atoms with Crippen LogP contribution in [0, 0.1) is 6.92 Å². The molecule has 0 spiro atoms. The summed E-state index contributed by atoms with van der Waals surface area (Å²) >= 11 is 6.35. The van der Waals surface area contributed by atoms with Crippen molar-refractivity contribution >= 4 is 39.9 Å². The number of pyridine rings is 1. The van der Waals surface area contributed by atoms with Crippen molar-refractivity contribution in [2.75, 3.05) is 21.9 Å². The highest BCUT2D eigenvalue weighted by atomic mass is 35.5. The van der Waals surface area contributed by atoms with Crippen molar-refractivity contribution in [2.24, 2.45) is 0 Å². The Morgan fingerprint density at radius 2 is 1.83 bits per heavy atom. The number of aromatic nitrogens is 1. The van der Waals surface area contributed by atoms with Gasteiger partial charge in [0, 0.05) is 41.0 Å². The Labute approximate surface area is 184 Å². The molecule has 0 saturated carbocycles. The Hall–Kier alpha value is -2.70. The molecule has 3 aromatic rings. The first-order chi connectivity index (χ1) is 14.4. The van der Waals surface area contributed by atoms with Gasteiger partial charge in [0.2, 0.25) is 0 Å². The monoisotopic (exact) mass is 441 g/mol. The fraction of sp³-hybridized carbons (Fsp3) is 0.217. The molecular weight excluding hydrogens is 418 g/mol. The number of aryl methyl sites for hydroxylation is 1. The van der Waals surface area contributed by atoms with Gasteiger partial charge >= 0.3 is 0 Å². The second kappa shape index (κ2) is 9.87. The Kier molecular flexibility index (Phi) is 7.24. The normalized spacial score (nSPS) is 11.7. The lowest BCUT2D eigenvalue weighted by molar-refractivity contribution is 0.102. The number of carbonyl (C=O) groups is 1. The predicted molar refractivity (Wildman–Crippen MR) is 126 cm³/mol. The van der Waals surface area contributed by atoms with E-state index in [1.807, 2.05) is 55.4 Å². The molecule has 0 aliphatic rings. The summed E-state index contributed by atoms with van der Waals surface area (Å²) in [6, 6.07) is 16.3. The summed E-state index contributed by atoms with van der Waals surface area (Å²) in [7, 11) is -1.08. The molecular formula is C23H24ClN3O2S. The van der Waals surface area contributed by atoms with Crippen LogP contribution in [0.1, 0.15) is 29.8 Å². The Morgan fingerprint density at radius 1 is 1.10 bits per heavy atom. The Bertz CT molecular complexity index is 1070. The molecule has 0 aliphatic heterocycles. The first-order valence-corrected chi connectivity index (χ1v) is 11.4. The average molecular weight is 442 g/mol. The van der Waals surface area contributed by atoms with Crippen LogP contribution < -0.4 is 9.62 Å². The fourth-order valence-corrected chi connectivity index (χ4v) is 4.24. The predicted octanol–water partition coefficient (Wildman–Crippen LogP) is 5.47. The van der Waals surface area contributed by atoms with Gasteiger partial charge in [-0.1, -0.05) is 18.5 Å². The highest BCUT2D eigenvalue weighted by molar-refractivity contribution is 7.86. The fourth-order valence-electron chi connectivity index (χ4n) is 3.07. The van der Waals surface area contributed by atoms with E-state index in [0.29, 0.717) is 28.6 Å². The molecule has 1 unspecified atom stereocenters. The maximum absolute atomic E-state index is 12.7. The second-order valence-electron chi connectivity index (χ2n) is 6.72. The summed E-state index contributed by atoms with van der Waals surface area (Å²) in [5.41, 5.74) is 4.57. The summed E-state index contributed by atoms with van der Waals surface area (Å²) in [4.78, 5) is 17.1. The van der Waals surface area contributed by atoms with Gasteiger partial charge in [-0.25, -0.2) is 4.21 Å². The van der Waals surface area contributed by atoms with Gasteiger partial charge < -0.3 is 5.32 Å². The van der Waals surface area contributed by atoms with E-state index in [4.69, 9.17) is 11.6 Å². The SMILES string of the molecule is CCN(c1ccc(C(=O)Nc2ccc(Cl)c(-c3cc(C)ccn3)c2)cc1)S(=O)CC. The largest absolute Gasteiger partial charge is 0.322 e. The van der Waals surface area contributed by atoms with Gasteiger partial charge in [0.15, 0.2) is 0 Å². The Balaban J connectivity index is 1.79. The average Bonchev–Trinajstić information content (AvgIpc) is 2.75. The third-order valence-electron chi connectivity index (χ3n) is 4.61. The second-order valence-corrected chi connectivity index (χ2v) is 8.79. The molecule has 2 aromatic carbocycles. The number of amides is 1. The van der Waals surface area contributed by atoms with Crippen molar-refractivity contribution in [3.63, 3.8) is 0 Å². The molecule has 30 heavy (non-hydrogen) atoms. The minimum absolute atomic E-state index is 0.230. The third kappa shape index (κ3) is 5.07. The van der Waals surface area contributed by atoms with Gasteiger partial charge in [-0.05, 0) is 74.0 Å². The van der Waals surface area contributed by atoms with Gasteiger partial charge in [0.1, 0.15) is 11.0 Å². The van der Waals surface area contributed by atoms with E-state index < -0.39 is 11.0 Å². The highest BCUT2D eigenvalue weighted by Crippen LogP contribution is 2.30. The van der Waals surface area contributed by atoms with Crippen LogP contribution in [0.3, 0.4) is 0 Å². The molecule has 1 amide bonds. The lowest BCUT2D eigenvalue weighted by atomic mass is 10.1. The standard InChI is InChI=1S/C23H24ClN3O2S/c1-4-27(30(29)5-2)19-9-6-17(7-10-19)23(28)26-18-8-11-21(24)20(15-18)22-14-16(3)12-13-25-22/h6-15H,4-5H2,1-3H3,(H,26,28). The summed E-state index contributed by atoms with van der Waals surface area (Å²) in [5.74, 6) is 0.316. The number of carbonyl (C=O) groups excluding carboxylic acids is 1. The molecule has 3 rings (SSSR count). The van der Waals surface area contributed by atoms with Crippen LogP contribution in [0.25, 0.3) is 11.3 Å². The molecule has 1 heterocycles. The van der Waals surface area contributed by atoms with Gasteiger partial charge in [-0.3, -0.25) is 14.1 Å². The number of anilines is 2. The van der Waals surface area contributed by atoms with E-state index in [-0.39, 0.29) is 5.91 Å². The maximum atomic E-state index is 12.7. The van der Waals surface area contributed by atoms with Crippen LogP contribution >= 0.6 is 11.6 Å². The van der Waals surface area contributed by atoms with E-state index >= 15 is 0 Å². The first kappa shape index (κ1) is 22.0. The summed E-state index contributed by atoms with van der Waals surface area (Å²) in [6.45, 7) is 6.46. The van der Waals surface area contributed by atoms with Crippen molar-refractivity contribution in [3.05, 3.63) is 76.9 Å². The minimum Gasteiger partial charge on any atom is -0.322 e. The molecule has 1 atom stereocenters. The van der Waals surface area contributed by atoms with Crippen molar-refractivity contribution in [2.45, 2.75) is 20.8 Å². The van der Waals surface area contributed by atoms with Gasteiger partial charge in [0.25, 0.3) is 5.91 Å². The first-order valence-electron chi connectivity index (χ1n) is 9.73. The third-order valence-corrected chi connectivity index (χ3v) is 6.40. The van der Waals surface area contributed by atoms with Gasteiger partial charge in [0.05, 0.1) is 10.7 Å². The van der Waals surface area contributed by atoms with Crippen LogP contribution in [0.2, 0.25) is 5.02 Å². The minimum atomic E-state index is -1.08. The molecule has 5 nitrogen and oxygen atoms in total. The Morgan fingerprint density at radius 3 is 2.47 bits per heavy atom. The van der Waals surface area contributed by atoms with E-state index in [0.717, 1.165) is 22.5 Å². The molecule has 0 saturated heterocycles. The van der Waals surface area contributed by atoms with Gasteiger partial charge in [-0.15, -0.1) is 0 Å². The molecule has 0 radical (unpaired) electrons. The van der Waals surface area contributed by atoms with E-state index in [1.54, 1.807) is 30.5 Å². The van der Waals surface area contributed by atoms with Crippen molar-refractivity contribution in [1.29, 1.82) is 0 Å². The number of halogens is 1. The highest BCUT2D eigenvalue weighted by Gasteiger charge is 2.13.